The molecule has 0 bridgehead atoms. The van der Waals surface area contributed by atoms with Crippen molar-refractivity contribution in [3.63, 3.8) is 0 Å². The minimum absolute atomic E-state index is 0.108. The third-order valence-corrected chi connectivity index (χ3v) is 6.34. The average Bonchev–Trinajstić information content (AvgIpc) is 3.22. The number of benzene rings is 1. The number of esters is 1. The molecule has 208 valence electrons. The van der Waals surface area contributed by atoms with E-state index in [9.17, 15) is 28.0 Å². The van der Waals surface area contributed by atoms with E-state index in [2.05, 4.69) is 21.5 Å². The van der Waals surface area contributed by atoms with E-state index in [-0.39, 0.29) is 29.3 Å². The van der Waals surface area contributed by atoms with Crippen molar-refractivity contribution in [3.05, 3.63) is 52.4 Å². The van der Waals surface area contributed by atoms with Gasteiger partial charge in [0.05, 0.1) is 18.2 Å². The molecule has 2 unspecified atom stereocenters. The zero-order chi connectivity index (χ0) is 28.5. The second-order valence-electron chi connectivity index (χ2n) is 10.4. The van der Waals surface area contributed by atoms with Crippen molar-refractivity contribution in [1.29, 1.82) is 5.26 Å². The van der Waals surface area contributed by atoms with Crippen LogP contribution >= 0.6 is 0 Å². The van der Waals surface area contributed by atoms with E-state index in [4.69, 9.17) is 15.2 Å². The molecule has 1 saturated heterocycles. The molecule has 1 aliphatic heterocycles. The monoisotopic (exact) mass is 546 g/mol. The lowest BCUT2D eigenvalue weighted by atomic mass is 9.92. The van der Waals surface area contributed by atoms with E-state index in [1.54, 1.807) is 26.8 Å². The number of nitriles is 1. The van der Waals surface area contributed by atoms with Crippen LogP contribution in [0.1, 0.15) is 51.3 Å². The SMILES string of the molecule is CC(C)(C)OC(=O)C1CC[C@H](C(C#N)n2nc(Nc3ccc([C@@H](N)C(F)(F)F)cc3)c3c(=O)[nH]ccc32)CO1. The number of rotatable bonds is 6. The van der Waals surface area contributed by atoms with Crippen molar-refractivity contribution in [3.8, 4) is 6.07 Å². The van der Waals surface area contributed by atoms with Crippen LogP contribution in [0, 0.1) is 17.2 Å². The fourth-order valence-corrected chi connectivity index (χ4v) is 4.43. The summed E-state index contributed by atoms with van der Waals surface area (Å²) < 4.78 is 51.4. The van der Waals surface area contributed by atoms with Gasteiger partial charge in [-0.25, -0.2) is 9.48 Å². The smallest absolute Gasteiger partial charge is 0.407 e. The van der Waals surface area contributed by atoms with Gasteiger partial charge in [0.25, 0.3) is 5.56 Å². The molecule has 0 aliphatic carbocycles. The first-order valence-electron chi connectivity index (χ1n) is 12.3. The van der Waals surface area contributed by atoms with Crippen LogP contribution in [0.25, 0.3) is 10.9 Å². The number of pyridine rings is 1. The highest BCUT2D eigenvalue weighted by Crippen LogP contribution is 2.34. The Bertz CT molecular complexity index is 1430. The van der Waals surface area contributed by atoms with Crippen molar-refractivity contribution in [2.75, 3.05) is 11.9 Å². The molecule has 0 spiro atoms. The number of hydrogen-bond donors (Lipinski definition) is 3. The Morgan fingerprint density at radius 3 is 2.51 bits per heavy atom. The van der Waals surface area contributed by atoms with Gasteiger partial charge >= 0.3 is 12.1 Å². The molecule has 3 aromatic rings. The maximum atomic E-state index is 12.9. The van der Waals surface area contributed by atoms with Gasteiger partial charge in [0.1, 0.15) is 23.1 Å². The first-order valence-corrected chi connectivity index (χ1v) is 12.3. The number of anilines is 2. The van der Waals surface area contributed by atoms with Crippen LogP contribution in [-0.4, -0.2) is 45.2 Å². The minimum atomic E-state index is -4.58. The standard InChI is InChI=1S/C26H29F3N6O4/c1-25(2,3)39-24(37)19-9-6-15(13-38-19)18(12-30)35-17-10-11-32-23(36)20(17)22(34-35)33-16-7-4-14(5-8-16)21(31)26(27,28)29/h4-5,7-8,10-11,15,18-19,21H,6,9,13,31H2,1-3H3,(H,32,36)(H,33,34)/t15-,18?,19?,21+/m0/s1. The third kappa shape index (κ3) is 6.23. The number of aromatic nitrogens is 3. The van der Waals surface area contributed by atoms with Crippen LogP contribution in [-0.2, 0) is 14.3 Å². The molecular weight excluding hydrogens is 517 g/mol. The lowest BCUT2D eigenvalue weighted by Crippen LogP contribution is -2.39. The third-order valence-electron chi connectivity index (χ3n) is 6.34. The summed E-state index contributed by atoms with van der Waals surface area (Å²) in [7, 11) is 0. The van der Waals surface area contributed by atoms with Gasteiger partial charge in [-0.05, 0) is 57.4 Å². The zero-order valence-electron chi connectivity index (χ0n) is 21.6. The number of ether oxygens (including phenoxy) is 2. The molecule has 2 aromatic heterocycles. The largest absolute Gasteiger partial charge is 0.458 e. The summed E-state index contributed by atoms with van der Waals surface area (Å²) in [5, 5.41) is 17.7. The molecule has 1 fully saturated rings. The normalized spacial score (nSPS) is 19.7. The molecule has 0 radical (unpaired) electrons. The molecule has 4 N–H and O–H groups in total. The van der Waals surface area contributed by atoms with E-state index >= 15 is 0 Å². The van der Waals surface area contributed by atoms with Gasteiger partial charge in [-0.15, -0.1) is 0 Å². The molecule has 1 aliphatic rings. The number of nitrogens with two attached hydrogens (primary N) is 1. The topological polar surface area (TPSA) is 148 Å². The van der Waals surface area contributed by atoms with Crippen molar-refractivity contribution in [2.24, 2.45) is 11.7 Å². The van der Waals surface area contributed by atoms with E-state index in [1.807, 2.05) is 0 Å². The van der Waals surface area contributed by atoms with E-state index in [1.165, 1.54) is 35.1 Å². The predicted octanol–water partition coefficient (Wildman–Crippen LogP) is 4.23. The highest BCUT2D eigenvalue weighted by atomic mass is 19.4. The highest BCUT2D eigenvalue weighted by molar-refractivity contribution is 5.91. The quantitative estimate of drug-likeness (QED) is 0.389. The molecule has 39 heavy (non-hydrogen) atoms. The number of aromatic amines is 1. The summed E-state index contributed by atoms with van der Waals surface area (Å²) in [5.41, 5.74) is 4.80. The number of H-pyrrole nitrogens is 1. The van der Waals surface area contributed by atoms with Gasteiger partial charge in [0, 0.05) is 17.8 Å². The maximum absolute atomic E-state index is 12.9. The van der Waals surface area contributed by atoms with Crippen LogP contribution < -0.4 is 16.6 Å². The molecule has 0 amide bonds. The summed E-state index contributed by atoms with van der Waals surface area (Å²) in [6, 6.07) is 6.17. The van der Waals surface area contributed by atoms with Gasteiger partial charge in [0.15, 0.2) is 11.9 Å². The van der Waals surface area contributed by atoms with Crippen LogP contribution in [0.2, 0.25) is 0 Å². The fourth-order valence-electron chi connectivity index (χ4n) is 4.43. The molecule has 10 nitrogen and oxygen atoms in total. The zero-order valence-corrected chi connectivity index (χ0v) is 21.6. The van der Waals surface area contributed by atoms with Gasteiger partial charge < -0.3 is 25.5 Å². The van der Waals surface area contributed by atoms with E-state index in [0.717, 1.165) is 0 Å². The van der Waals surface area contributed by atoms with Crippen molar-refractivity contribution in [1.82, 2.24) is 14.8 Å². The number of halogens is 3. The summed E-state index contributed by atoms with van der Waals surface area (Å²) in [6.07, 6.45) is -3.04. The molecule has 13 heteroatoms. The lowest BCUT2D eigenvalue weighted by molar-refractivity contribution is -0.173. The highest BCUT2D eigenvalue weighted by Gasteiger charge is 2.38. The number of hydrogen-bond acceptors (Lipinski definition) is 8. The van der Waals surface area contributed by atoms with Crippen LogP contribution in [0.15, 0.2) is 41.3 Å². The lowest BCUT2D eigenvalue weighted by Gasteiger charge is -2.32. The summed E-state index contributed by atoms with van der Waals surface area (Å²) >= 11 is 0. The Balaban J connectivity index is 1.58. The number of nitrogens with zero attached hydrogens (tertiary/aromatic N) is 3. The molecule has 0 saturated carbocycles. The second kappa shape index (κ2) is 10.7. The number of nitrogens with one attached hydrogen (secondary N) is 2. The van der Waals surface area contributed by atoms with Gasteiger partial charge in [-0.3, -0.25) is 4.79 Å². The molecule has 3 heterocycles. The molecule has 1 aromatic carbocycles. The van der Waals surface area contributed by atoms with Crippen LogP contribution in [0.5, 0.6) is 0 Å². The number of alkyl halides is 3. The van der Waals surface area contributed by atoms with Crippen molar-refractivity contribution < 1.29 is 27.4 Å². The number of carbonyl (C=O) groups excluding carboxylic acids is 1. The second-order valence-corrected chi connectivity index (χ2v) is 10.4. The van der Waals surface area contributed by atoms with Gasteiger partial charge in [-0.1, -0.05) is 12.1 Å². The molecule has 4 atom stereocenters. The summed E-state index contributed by atoms with van der Waals surface area (Å²) in [5.74, 6) is -0.658. The first-order chi connectivity index (χ1) is 18.3. The first kappa shape index (κ1) is 28.1. The van der Waals surface area contributed by atoms with Crippen molar-refractivity contribution in [2.45, 2.75) is 63.6 Å². The van der Waals surface area contributed by atoms with Crippen LogP contribution in [0.4, 0.5) is 24.7 Å². The molecular formula is C26H29F3N6O4. The van der Waals surface area contributed by atoms with Gasteiger partial charge in [0.2, 0.25) is 0 Å². The number of carbonyl (C=O) groups is 1. The van der Waals surface area contributed by atoms with E-state index in [0.29, 0.717) is 24.0 Å². The Morgan fingerprint density at radius 2 is 1.95 bits per heavy atom. The number of fused-ring (bicyclic) bond motifs is 1. The summed E-state index contributed by atoms with van der Waals surface area (Å²) in [6.45, 7) is 5.41. The fraction of sp³-hybridized carbons (Fsp3) is 0.462. The van der Waals surface area contributed by atoms with E-state index < -0.39 is 41.5 Å². The minimum Gasteiger partial charge on any atom is -0.458 e. The van der Waals surface area contributed by atoms with Gasteiger partial charge in [-0.2, -0.15) is 23.5 Å². The Kier molecular flexibility index (Phi) is 7.72. The van der Waals surface area contributed by atoms with Crippen LogP contribution in [0.3, 0.4) is 0 Å². The average molecular weight is 547 g/mol. The van der Waals surface area contributed by atoms with Crippen molar-refractivity contribution >= 4 is 28.4 Å². The Hall–Kier alpha value is -3.89. The maximum Gasteiger partial charge on any atom is 0.407 e. The molecule has 4 rings (SSSR count). The Morgan fingerprint density at radius 1 is 1.26 bits per heavy atom. The summed E-state index contributed by atoms with van der Waals surface area (Å²) in [4.78, 5) is 27.7. The predicted molar refractivity (Wildman–Crippen MR) is 136 cm³/mol. The Labute approximate surface area is 221 Å².